The summed E-state index contributed by atoms with van der Waals surface area (Å²) in [7, 11) is 0. The Labute approximate surface area is 476 Å². The minimum atomic E-state index is -2.61. The number of nitrogens with zero attached hydrogens (tertiary/aromatic N) is 3. The van der Waals surface area contributed by atoms with Crippen LogP contribution >= 0.6 is 0 Å². The number of pyridine rings is 1. The third-order valence-corrected chi connectivity index (χ3v) is 16.6. The van der Waals surface area contributed by atoms with Gasteiger partial charge < -0.3 is 5.11 Å². The summed E-state index contributed by atoms with van der Waals surface area (Å²) in [6, 6.07) is 53.1. The zero-order chi connectivity index (χ0) is 57.9. The Morgan fingerprint density at radius 3 is 1.79 bits per heavy atom. The van der Waals surface area contributed by atoms with Gasteiger partial charge in [0.05, 0.1) is 22.3 Å². The molecule has 0 bridgehead atoms. The van der Waals surface area contributed by atoms with E-state index in [1.165, 1.54) is 11.1 Å². The number of aromatic hydroxyl groups is 1. The van der Waals surface area contributed by atoms with Gasteiger partial charge in [0.25, 0.3) is 0 Å². The molecule has 7 aromatic carbocycles. The monoisotopic (exact) mass is 1190 g/mol. The average molecular weight is 1190 g/mol. The van der Waals surface area contributed by atoms with Crippen LogP contribution in [0.5, 0.6) is 5.75 Å². The molecule has 76 heavy (non-hydrogen) atoms. The normalized spacial score (nSPS) is 13.6. The fraction of sp³-hybridized carbons (Fsp3) is 0.324. The molecule has 2 heterocycles. The van der Waals surface area contributed by atoms with E-state index in [9.17, 15) is 12.0 Å². The Hall–Kier alpha value is -6.35. The Balaban J connectivity index is 0.00000860. The van der Waals surface area contributed by atoms with Crippen LogP contribution < -0.4 is 0 Å². The number of hydrogen-bond acceptors (Lipinski definition) is 3. The topological polar surface area (TPSA) is 50.9 Å². The van der Waals surface area contributed by atoms with E-state index < -0.39 is 18.6 Å². The summed E-state index contributed by atoms with van der Waals surface area (Å²) in [6.07, 6.45) is 5.48. The van der Waals surface area contributed by atoms with Crippen LogP contribution in [0.25, 0.3) is 83.9 Å². The number of rotatable bonds is 15. The van der Waals surface area contributed by atoms with Gasteiger partial charge in [0.2, 0.25) is 0 Å². The minimum Gasteiger partial charge on any atom is -0.507 e. The van der Waals surface area contributed by atoms with Crippen molar-refractivity contribution in [2.45, 2.75) is 151 Å². The summed E-state index contributed by atoms with van der Waals surface area (Å²) in [5, 5.41) is 12.6. The van der Waals surface area contributed by atoms with Crippen molar-refractivity contribution in [1.82, 2.24) is 14.5 Å². The van der Waals surface area contributed by atoms with Crippen molar-refractivity contribution >= 4 is 11.0 Å². The molecule has 1 N–H and O–H groups in total. The minimum absolute atomic E-state index is 0. The van der Waals surface area contributed by atoms with E-state index in [2.05, 4.69) is 159 Å². The fourth-order valence-corrected chi connectivity index (χ4v) is 10.8. The van der Waals surface area contributed by atoms with Crippen LogP contribution in [0.1, 0.15) is 168 Å². The van der Waals surface area contributed by atoms with Gasteiger partial charge in [-0.15, -0.1) is 29.3 Å². The zero-order valence-corrected chi connectivity index (χ0v) is 49.1. The van der Waals surface area contributed by atoms with Crippen LogP contribution in [0.15, 0.2) is 152 Å². The van der Waals surface area contributed by atoms with Gasteiger partial charge in [0.15, 0.2) is 0 Å². The van der Waals surface area contributed by atoms with Gasteiger partial charge in [0, 0.05) is 39.8 Å². The molecule has 0 amide bonds. The number of aryl methyl sites for hydroxylation is 1. The molecular formula is C71H78N3OPt-. The van der Waals surface area contributed by atoms with E-state index in [0.29, 0.717) is 33.4 Å². The Morgan fingerprint density at radius 2 is 1.20 bits per heavy atom. The first-order valence-electron chi connectivity index (χ1n) is 29.5. The van der Waals surface area contributed by atoms with Crippen LogP contribution in [0, 0.1) is 12.9 Å². The number of phenolic OH excluding ortho intramolecular Hbond substituents is 1. The molecule has 0 atom stereocenters. The summed E-state index contributed by atoms with van der Waals surface area (Å²) in [6.45, 7) is 24.5. The summed E-state index contributed by atoms with van der Waals surface area (Å²) in [5.74, 6) is -2.27. The molecule has 5 heteroatoms. The molecule has 9 rings (SSSR count). The predicted octanol–water partition coefficient (Wildman–Crippen LogP) is 19.9. The first-order chi connectivity index (χ1) is 37.6. The molecule has 9 aromatic rings. The molecule has 0 aliphatic carbocycles. The van der Waals surface area contributed by atoms with Crippen LogP contribution in [-0.2, 0) is 37.3 Å². The Morgan fingerprint density at radius 1 is 0.605 bits per heavy atom. The second-order valence-electron chi connectivity index (χ2n) is 22.7. The summed E-state index contributed by atoms with van der Waals surface area (Å²) < 4.78 is 48.6. The van der Waals surface area contributed by atoms with Gasteiger partial charge in [-0.3, -0.25) is 9.55 Å². The zero-order valence-electron chi connectivity index (χ0n) is 51.9. The first-order valence-corrected chi connectivity index (χ1v) is 27.0. The van der Waals surface area contributed by atoms with Crippen molar-refractivity contribution in [1.29, 1.82) is 0 Å². The Bertz CT molecular complexity index is 3700. The van der Waals surface area contributed by atoms with Crippen molar-refractivity contribution in [2.75, 3.05) is 0 Å². The molecular weight excluding hydrogens is 1110 g/mol. The third kappa shape index (κ3) is 10.6. The maximum absolute atomic E-state index is 12.6. The van der Waals surface area contributed by atoms with Gasteiger partial charge in [-0.1, -0.05) is 204 Å². The van der Waals surface area contributed by atoms with Gasteiger partial charge in [-0.05, 0) is 152 Å². The number of imidazole rings is 1. The number of aromatic nitrogens is 3. The summed E-state index contributed by atoms with van der Waals surface area (Å²) in [5.41, 5.74) is 15.1. The van der Waals surface area contributed by atoms with Crippen molar-refractivity contribution in [3.05, 3.63) is 191 Å². The molecule has 0 fully saturated rings. The van der Waals surface area contributed by atoms with E-state index in [-0.39, 0.29) is 54.4 Å². The number of phenols is 1. The van der Waals surface area contributed by atoms with E-state index in [0.717, 1.165) is 87.0 Å². The molecule has 4 nitrogen and oxygen atoms in total. The van der Waals surface area contributed by atoms with Crippen LogP contribution in [0.2, 0.25) is 0 Å². The van der Waals surface area contributed by atoms with Crippen molar-refractivity contribution < 1.29 is 33.0 Å². The molecule has 2 aromatic heterocycles. The van der Waals surface area contributed by atoms with Gasteiger partial charge in [-0.2, -0.15) is 0 Å². The molecule has 0 radical (unpaired) electrons. The van der Waals surface area contributed by atoms with Gasteiger partial charge in [-0.25, -0.2) is 4.98 Å². The van der Waals surface area contributed by atoms with Crippen molar-refractivity contribution in [3.8, 4) is 78.6 Å². The molecule has 0 spiro atoms. The molecule has 0 unspecified atom stereocenters. The second kappa shape index (κ2) is 22.3. The SMILES string of the molecule is [2H]C([2H])([2H])c1cc(-c2c(C(C)(CC)CC)cccc2C(C)(CC)CC)ccc1-n1c(-c2cc(C([2H])(C)C)cc(C([2H])(C)C)c2O)nc2c(-c3[c-]c(-c4cc(-c5ccc(-c6ccccc6)cc5)ccn4)cc(C(C)(C)C)c3)cccc21.[Pt]. The van der Waals surface area contributed by atoms with Crippen LogP contribution in [0.3, 0.4) is 0 Å². The molecule has 394 valence electrons. The second-order valence-corrected chi connectivity index (χ2v) is 22.7. The predicted molar refractivity (Wildman–Crippen MR) is 319 cm³/mol. The Kier molecular flexibility index (Phi) is 14.5. The smallest absolute Gasteiger partial charge is 0.148 e. The average Bonchev–Trinajstić information content (AvgIpc) is 4.12. The maximum Gasteiger partial charge on any atom is 0.148 e. The molecule has 0 saturated heterocycles. The van der Waals surface area contributed by atoms with E-state index in [1.807, 2.05) is 53.2 Å². The van der Waals surface area contributed by atoms with Gasteiger partial charge >= 0.3 is 0 Å². The number of para-hydroxylation sites is 1. The maximum atomic E-state index is 12.6. The molecule has 0 saturated carbocycles. The molecule has 0 aliphatic rings. The van der Waals surface area contributed by atoms with Crippen LogP contribution in [-0.4, -0.2) is 19.6 Å². The van der Waals surface area contributed by atoms with E-state index in [4.69, 9.17) is 9.97 Å². The van der Waals surface area contributed by atoms with Crippen molar-refractivity contribution in [3.63, 3.8) is 0 Å². The van der Waals surface area contributed by atoms with E-state index >= 15 is 0 Å². The summed E-state index contributed by atoms with van der Waals surface area (Å²) >= 11 is 0. The van der Waals surface area contributed by atoms with Crippen LogP contribution in [0.4, 0.5) is 0 Å². The molecule has 0 aliphatic heterocycles. The number of fused-ring (bicyclic) bond motifs is 1. The van der Waals surface area contributed by atoms with Gasteiger partial charge in [0.1, 0.15) is 11.6 Å². The fourth-order valence-electron chi connectivity index (χ4n) is 10.8. The number of hydrogen-bond donors (Lipinski definition) is 1. The quantitative estimate of drug-likeness (QED) is 0.104. The summed E-state index contributed by atoms with van der Waals surface area (Å²) in [4.78, 5) is 10.5. The third-order valence-electron chi connectivity index (χ3n) is 16.6. The van der Waals surface area contributed by atoms with E-state index in [1.54, 1.807) is 39.8 Å². The first kappa shape index (κ1) is 49.2. The standard InChI is InChI=1S/C71H78N3O.Pt/c1-15-70(13,16-2)60-27-23-28-61(71(14,17-3)18-4)65(60)52-34-35-63(47(9)38-52)74-64-29-22-26-57(66(64)73-68(74)59-43-53(45(5)6)42-58(46(7)8)67(59)75)54-39-55(41-56(40-54)69(10,11)12)62-44-51(36-37-72-62)50-32-30-49(31-33-50)48-24-20-19-21-25-48;/h19-38,40-46,75H,15-18H2,1-14H3;/q-1;/i9D3,45D,46D;. The number of benzene rings is 7. The largest absolute Gasteiger partial charge is 0.507 e. The van der Waals surface area contributed by atoms with Crippen molar-refractivity contribution in [2.24, 2.45) is 0 Å².